The third-order valence-corrected chi connectivity index (χ3v) is 3.68. The number of likely N-dealkylation sites (tertiary alicyclic amines) is 1. The normalized spacial score (nSPS) is 16.9. The molecule has 0 aromatic carbocycles. The molecule has 1 aromatic rings. The van der Waals surface area contributed by atoms with Crippen LogP contribution in [0.15, 0.2) is 18.2 Å². The number of aromatic nitrogens is 1. The Labute approximate surface area is 123 Å². The maximum Gasteiger partial charge on any atom is 0.230 e. The number of carbonyl (C=O) groups is 1. The van der Waals surface area contributed by atoms with Crippen molar-refractivity contribution in [2.24, 2.45) is 5.41 Å². The van der Waals surface area contributed by atoms with E-state index in [2.05, 4.69) is 4.98 Å². The summed E-state index contributed by atoms with van der Waals surface area (Å²) in [6.07, 6.45) is 1.28. The number of ether oxygens (including phenoxy) is 1. The molecule has 1 aliphatic rings. The van der Waals surface area contributed by atoms with E-state index in [1.165, 1.54) is 6.07 Å². The van der Waals surface area contributed by atoms with Crippen molar-refractivity contribution in [2.75, 3.05) is 19.7 Å². The molecule has 1 N–H and O–H groups in total. The number of piperidine rings is 1. The van der Waals surface area contributed by atoms with Gasteiger partial charge in [-0.3, -0.25) is 4.79 Å². The van der Waals surface area contributed by atoms with Crippen molar-refractivity contribution in [3.8, 4) is 5.88 Å². The molecule has 5 nitrogen and oxygen atoms in total. The summed E-state index contributed by atoms with van der Waals surface area (Å²) in [6, 6.07) is 4.45. The highest BCUT2D eigenvalue weighted by molar-refractivity contribution is 5.82. The van der Waals surface area contributed by atoms with Gasteiger partial charge in [0.1, 0.15) is 6.10 Å². The van der Waals surface area contributed by atoms with Crippen LogP contribution in [-0.4, -0.2) is 46.7 Å². The van der Waals surface area contributed by atoms with Crippen molar-refractivity contribution in [2.45, 2.75) is 32.8 Å². The van der Waals surface area contributed by atoms with Crippen LogP contribution in [0.25, 0.3) is 0 Å². The summed E-state index contributed by atoms with van der Waals surface area (Å²) in [5, 5.41) is 9.25. The van der Waals surface area contributed by atoms with E-state index in [1.54, 1.807) is 30.9 Å². The van der Waals surface area contributed by atoms with Gasteiger partial charge in [-0.2, -0.15) is 9.37 Å². The highest BCUT2D eigenvalue weighted by Crippen LogP contribution is 2.23. The number of aliphatic hydroxyl groups is 1. The number of halogens is 1. The average molecular weight is 296 g/mol. The van der Waals surface area contributed by atoms with Gasteiger partial charge in [0.05, 0.1) is 12.0 Å². The Balaban J connectivity index is 1.87. The Morgan fingerprint density at radius 2 is 2.14 bits per heavy atom. The maximum absolute atomic E-state index is 13.0. The molecule has 6 heteroatoms. The Morgan fingerprint density at radius 1 is 1.48 bits per heavy atom. The van der Waals surface area contributed by atoms with E-state index in [-0.39, 0.29) is 24.5 Å². The summed E-state index contributed by atoms with van der Waals surface area (Å²) in [4.78, 5) is 17.6. The quantitative estimate of drug-likeness (QED) is 0.857. The first-order valence-electron chi connectivity index (χ1n) is 7.12. The van der Waals surface area contributed by atoms with Gasteiger partial charge < -0.3 is 14.7 Å². The van der Waals surface area contributed by atoms with Gasteiger partial charge in [0.15, 0.2) is 0 Å². The molecule has 2 rings (SSSR count). The fraction of sp³-hybridized carbons (Fsp3) is 0.600. The van der Waals surface area contributed by atoms with E-state index in [0.29, 0.717) is 25.9 Å². The van der Waals surface area contributed by atoms with Gasteiger partial charge in [-0.15, -0.1) is 0 Å². The third-order valence-electron chi connectivity index (χ3n) is 3.68. The van der Waals surface area contributed by atoms with E-state index < -0.39 is 11.4 Å². The van der Waals surface area contributed by atoms with Gasteiger partial charge in [-0.05, 0) is 19.9 Å². The van der Waals surface area contributed by atoms with Crippen LogP contribution in [-0.2, 0) is 4.79 Å². The van der Waals surface area contributed by atoms with Crippen LogP contribution in [0.2, 0.25) is 0 Å². The highest BCUT2D eigenvalue weighted by atomic mass is 19.1. The number of amides is 1. The first kappa shape index (κ1) is 15.7. The van der Waals surface area contributed by atoms with Gasteiger partial charge in [0.25, 0.3) is 0 Å². The molecule has 1 saturated heterocycles. The number of nitrogens with zero attached hydrogens (tertiary/aromatic N) is 2. The summed E-state index contributed by atoms with van der Waals surface area (Å²) in [7, 11) is 0. The smallest absolute Gasteiger partial charge is 0.230 e. The second kappa shape index (κ2) is 6.39. The molecule has 0 saturated carbocycles. The molecule has 1 amide bonds. The molecule has 0 bridgehead atoms. The fourth-order valence-electron chi connectivity index (χ4n) is 2.30. The first-order chi connectivity index (χ1) is 9.92. The second-order valence-electron chi connectivity index (χ2n) is 5.95. The minimum Gasteiger partial charge on any atom is -0.474 e. The largest absolute Gasteiger partial charge is 0.474 e. The van der Waals surface area contributed by atoms with E-state index in [9.17, 15) is 14.3 Å². The summed E-state index contributed by atoms with van der Waals surface area (Å²) < 4.78 is 18.6. The lowest BCUT2D eigenvalue weighted by atomic mass is 9.91. The summed E-state index contributed by atoms with van der Waals surface area (Å²) in [6.45, 7) is 4.43. The lowest BCUT2D eigenvalue weighted by Gasteiger charge is -2.36. The standard InChI is InChI=1S/C15H21FN2O3/c1-15(2,10-19)14(20)18-8-6-11(7-9-18)21-13-5-3-4-12(16)17-13/h3-5,11,19H,6-10H2,1-2H3. The van der Waals surface area contributed by atoms with Crippen LogP contribution >= 0.6 is 0 Å². The van der Waals surface area contributed by atoms with Gasteiger partial charge in [-0.1, -0.05) is 6.07 Å². The van der Waals surface area contributed by atoms with Crippen LogP contribution in [0.5, 0.6) is 5.88 Å². The van der Waals surface area contributed by atoms with Crippen LogP contribution in [0.1, 0.15) is 26.7 Å². The van der Waals surface area contributed by atoms with Crippen molar-refractivity contribution in [3.63, 3.8) is 0 Å². The van der Waals surface area contributed by atoms with Crippen LogP contribution in [0.4, 0.5) is 4.39 Å². The number of pyridine rings is 1. The summed E-state index contributed by atoms with van der Waals surface area (Å²) >= 11 is 0. The predicted octanol–water partition coefficient (Wildman–Crippen LogP) is 1.61. The Hall–Kier alpha value is -1.69. The van der Waals surface area contributed by atoms with Gasteiger partial charge in [0, 0.05) is 32.0 Å². The molecule has 21 heavy (non-hydrogen) atoms. The van der Waals surface area contributed by atoms with Crippen molar-refractivity contribution in [1.29, 1.82) is 0 Å². The number of aliphatic hydroxyl groups excluding tert-OH is 1. The molecule has 0 atom stereocenters. The topological polar surface area (TPSA) is 62.7 Å². The van der Waals surface area contributed by atoms with Crippen molar-refractivity contribution in [1.82, 2.24) is 9.88 Å². The minimum absolute atomic E-state index is 0.0488. The molecule has 0 radical (unpaired) electrons. The lowest BCUT2D eigenvalue weighted by molar-refractivity contribution is -0.144. The monoisotopic (exact) mass is 296 g/mol. The zero-order valence-corrected chi connectivity index (χ0v) is 12.4. The van der Waals surface area contributed by atoms with E-state index in [1.807, 2.05) is 0 Å². The van der Waals surface area contributed by atoms with Gasteiger partial charge in [-0.25, -0.2) is 0 Å². The molecule has 1 aliphatic heterocycles. The van der Waals surface area contributed by atoms with Crippen LogP contribution in [0.3, 0.4) is 0 Å². The van der Waals surface area contributed by atoms with E-state index in [0.717, 1.165) is 0 Å². The molecular weight excluding hydrogens is 275 g/mol. The molecule has 0 aliphatic carbocycles. The van der Waals surface area contributed by atoms with E-state index in [4.69, 9.17) is 4.74 Å². The highest BCUT2D eigenvalue weighted by Gasteiger charge is 2.33. The molecule has 0 unspecified atom stereocenters. The zero-order chi connectivity index (χ0) is 15.5. The number of carbonyl (C=O) groups excluding carboxylic acids is 1. The first-order valence-corrected chi connectivity index (χ1v) is 7.12. The van der Waals surface area contributed by atoms with Crippen LogP contribution in [0, 0.1) is 11.4 Å². The zero-order valence-electron chi connectivity index (χ0n) is 12.4. The lowest BCUT2D eigenvalue weighted by Crippen LogP contribution is -2.48. The Bertz CT molecular complexity index is 499. The maximum atomic E-state index is 13.0. The summed E-state index contributed by atoms with van der Waals surface area (Å²) in [5.74, 6) is -0.340. The SMILES string of the molecule is CC(C)(CO)C(=O)N1CCC(Oc2cccc(F)n2)CC1. The third kappa shape index (κ3) is 3.91. The molecule has 2 heterocycles. The van der Waals surface area contributed by atoms with Crippen molar-refractivity contribution in [3.05, 3.63) is 24.1 Å². The molecule has 1 aromatic heterocycles. The van der Waals surface area contributed by atoms with E-state index >= 15 is 0 Å². The molecule has 1 fully saturated rings. The molecular formula is C15H21FN2O3. The number of hydrogen-bond donors (Lipinski definition) is 1. The fourth-order valence-corrected chi connectivity index (χ4v) is 2.30. The van der Waals surface area contributed by atoms with Gasteiger partial charge in [0.2, 0.25) is 17.7 Å². The number of rotatable bonds is 4. The second-order valence-corrected chi connectivity index (χ2v) is 5.95. The Morgan fingerprint density at radius 3 is 2.71 bits per heavy atom. The van der Waals surface area contributed by atoms with Crippen LogP contribution < -0.4 is 4.74 Å². The number of hydrogen-bond acceptors (Lipinski definition) is 4. The van der Waals surface area contributed by atoms with Crippen molar-refractivity contribution < 1.29 is 19.0 Å². The molecule has 116 valence electrons. The summed E-state index contributed by atoms with van der Waals surface area (Å²) in [5.41, 5.74) is -0.752. The average Bonchev–Trinajstić information content (AvgIpc) is 2.47. The molecule has 0 spiro atoms. The van der Waals surface area contributed by atoms with Gasteiger partial charge >= 0.3 is 0 Å². The predicted molar refractivity (Wildman–Crippen MR) is 75.3 cm³/mol. The van der Waals surface area contributed by atoms with Crippen molar-refractivity contribution >= 4 is 5.91 Å². The minimum atomic E-state index is -0.752. The Kier molecular flexibility index (Phi) is 4.77.